The lowest BCUT2D eigenvalue weighted by Gasteiger charge is -2.36. The van der Waals surface area contributed by atoms with Gasteiger partial charge in [-0.05, 0) is 65.7 Å². The van der Waals surface area contributed by atoms with Gasteiger partial charge in [0.25, 0.3) is 0 Å². The molecular formula is C26H45N5O6. The smallest absolute Gasteiger partial charge is 0.408 e. The number of aliphatic hydroxyl groups is 1. The number of nitriles is 1. The van der Waals surface area contributed by atoms with Crippen LogP contribution in [0.1, 0.15) is 81.1 Å². The van der Waals surface area contributed by atoms with E-state index in [1.54, 1.807) is 34.6 Å². The summed E-state index contributed by atoms with van der Waals surface area (Å²) in [6.45, 7) is 15.1. The molecule has 4 N–H and O–H groups in total. The van der Waals surface area contributed by atoms with Crippen LogP contribution in [0.2, 0.25) is 0 Å². The van der Waals surface area contributed by atoms with Gasteiger partial charge >= 0.3 is 6.09 Å². The molecule has 0 bridgehead atoms. The van der Waals surface area contributed by atoms with Gasteiger partial charge in [-0.2, -0.15) is 5.26 Å². The van der Waals surface area contributed by atoms with Crippen LogP contribution in [0.5, 0.6) is 0 Å². The van der Waals surface area contributed by atoms with Crippen molar-refractivity contribution in [3.63, 3.8) is 0 Å². The first-order valence-electron chi connectivity index (χ1n) is 12.9. The van der Waals surface area contributed by atoms with Crippen molar-refractivity contribution in [2.45, 2.75) is 111 Å². The normalized spacial score (nSPS) is 21.2. The molecule has 2 aliphatic rings. The summed E-state index contributed by atoms with van der Waals surface area (Å²) in [6, 6.07) is -0.397. The van der Waals surface area contributed by atoms with Crippen molar-refractivity contribution in [3.05, 3.63) is 0 Å². The van der Waals surface area contributed by atoms with Crippen molar-refractivity contribution < 1.29 is 29.0 Å². The van der Waals surface area contributed by atoms with Gasteiger partial charge in [-0.25, -0.2) is 4.79 Å². The van der Waals surface area contributed by atoms with E-state index >= 15 is 0 Å². The van der Waals surface area contributed by atoms with Crippen molar-refractivity contribution in [1.29, 1.82) is 5.26 Å². The number of carbonyl (C=O) groups is 4. The molecule has 210 valence electrons. The quantitative estimate of drug-likeness (QED) is 0.413. The molecule has 0 aromatic carbocycles. The first kappa shape index (κ1) is 32.2. The average molecular weight is 524 g/mol. The zero-order valence-corrected chi connectivity index (χ0v) is 23.5. The zero-order valence-electron chi connectivity index (χ0n) is 23.5. The number of hydrogen-bond acceptors (Lipinski definition) is 7. The lowest BCUT2D eigenvalue weighted by molar-refractivity contribution is -0.142. The van der Waals surface area contributed by atoms with Crippen LogP contribution in [0.4, 0.5) is 4.79 Å². The first-order chi connectivity index (χ1) is 17.0. The van der Waals surface area contributed by atoms with Crippen molar-refractivity contribution in [2.75, 3.05) is 13.1 Å². The summed E-state index contributed by atoms with van der Waals surface area (Å²) in [5.41, 5.74) is -1.34. The van der Waals surface area contributed by atoms with Crippen LogP contribution in [0.25, 0.3) is 0 Å². The molecule has 2 aliphatic heterocycles. The molecule has 0 aliphatic carbocycles. The number of carbonyl (C=O) groups excluding carboxylic acids is 4. The highest BCUT2D eigenvalue weighted by molar-refractivity contribution is 5.92. The van der Waals surface area contributed by atoms with Crippen molar-refractivity contribution >= 4 is 23.8 Å². The van der Waals surface area contributed by atoms with Gasteiger partial charge in [0, 0.05) is 25.1 Å². The molecule has 2 unspecified atom stereocenters. The van der Waals surface area contributed by atoms with Crippen molar-refractivity contribution in [2.24, 2.45) is 11.3 Å². The van der Waals surface area contributed by atoms with Crippen LogP contribution in [-0.4, -0.2) is 76.7 Å². The highest BCUT2D eigenvalue weighted by atomic mass is 16.6. The zero-order chi connectivity index (χ0) is 28.6. The fourth-order valence-corrected chi connectivity index (χ4v) is 4.11. The van der Waals surface area contributed by atoms with E-state index < -0.39 is 41.1 Å². The van der Waals surface area contributed by atoms with Crippen molar-refractivity contribution in [3.8, 4) is 6.07 Å². The van der Waals surface area contributed by atoms with E-state index in [1.807, 2.05) is 20.8 Å². The highest BCUT2D eigenvalue weighted by Crippen LogP contribution is 2.26. The lowest BCUT2D eigenvalue weighted by atomic mass is 9.85. The van der Waals surface area contributed by atoms with Crippen LogP contribution in [-0.2, 0) is 19.1 Å². The van der Waals surface area contributed by atoms with E-state index in [2.05, 4.69) is 22.0 Å². The molecule has 11 nitrogen and oxygen atoms in total. The first-order valence-corrected chi connectivity index (χ1v) is 12.9. The average Bonchev–Trinajstić information content (AvgIpc) is 3.38. The Morgan fingerprint density at radius 1 is 1.16 bits per heavy atom. The molecule has 37 heavy (non-hydrogen) atoms. The molecule has 2 fully saturated rings. The largest absolute Gasteiger partial charge is 0.444 e. The van der Waals surface area contributed by atoms with Gasteiger partial charge in [-0.3, -0.25) is 14.4 Å². The third-order valence-electron chi connectivity index (χ3n) is 5.77. The Bertz CT molecular complexity index is 852. The summed E-state index contributed by atoms with van der Waals surface area (Å²) in [5, 5.41) is 25.6. The Hall–Kier alpha value is -2.87. The van der Waals surface area contributed by atoms with E-state index in [1.165, 1.54) is 4.90 Å². The Morgan fingerprint density at radius 3 is 2.22 bits per heavy atom. The summed E-state index contributed by atoms with van der Waals surface area (Å²) >= 11 is 0. The number of alkyl carbamates (subject to hydrolysis) is 1. The molecule has 4 atom stereocenters. The van der Waals surface area contributed by atoms with Crippen LogP contribution in [0.3, 0.4) is 0 Å². The third-order valence-corrected chi connectivity index (χ3v) is 5.77. The molecule has 2 saturated heterocycles. The third kappa shape index (κ3) is 11.0. The molecule has 0 aromatic heterocycles. The Balaban J connectivity index is 0.00000159. The predicted molar refractivity (Wildman–Crippen MR) is 138 cm³/mol. The van der Waals surface area contributed by atoms with E-state index in [9.17, 15) is 24.4 Å². The predicted octanol–water partition coefficient (Wildman–Crippen LogP) is 1.84. The maximum Gasteiger partial charge on any atom is 0.408 e. The maximum absolute atomic E-state index is 13.4. The summed E-state index contributed by atoms with van der Waals surface area (Å²) in [6.07, 6.45) is 1.10. The molecule has 11 heteroatoms. The standard InChI is InChI=1S/C23H37N5O5.C3H8O/c1-22(2,3)17(27-21(32)33-23(4,5)6)20(31)28-11-7-8-16(28)19(30)26-15(13-24)12-14-9-10-25-18(14)29;1-3(2)4/h14-17H,7-12H2,1-6H3,(H,25,29)(H,26,30)(H,27,32);3-4H,1-2H3/t14?,15-,16?,17+;/m0./s1. The molecule has 2 heterocycles. The second-order valence-electron chi connectivity index (χ2n) is 11.9. The topological polar surface area (TPSA) is 161 Å². The number of hydrogen-bond donors (Lipinski definition) is 4. The van der Waals surface area contributed by atoms with Crippen LogP contribution >= 0.6 is 0 Å². The highest BCUT2D eigenvalue weighted by Gasteiger charge is 2.43. The fourth-order valence-electron chi connectivity index (χ4n) is 4.11. The summed E-state index contributed by atoms with van der Waals surface area (Å²) in [5.74, 6) is -1.20. The van der Waals surface area contributed by atoms with E-state index in [0.717, 1.165) is 0 Å². The van der Waals surface area contributed by atoms with Crippen LogP contribution in [0, 0.1) is 22.7 Å². The van der Waals surface area contributed by atoms with Gasteiger partial charge in [-0.1, -0.05) is 20.8 Å². The number of likely N-dealkylation sites (tertiary alicyclic amines) is 1. The van der Waals surface area contributed by atoms with Gasteiger partial charge in [0.15, 0.2) is 0 Å². The number of rotatable bonds is 6. The molecule has 0 aromatic rings. The fraction of sp³-hybridized carbons (Fsp3) is 0.808. The molecule has 2 rings (SSSR count). The Labute approximate surface area is 220 Å². The lowest BCUT2D eigenvalue weighted by Crippen LogP contribution is -2.58. The summed E-state index contributed by atoms with van der Waals surface area (Å²) < 4.78 is 5.32. The van der Waals surface area contributed by atoms with E-state index in [4.69, 9.17) is 9.84 Å². The summed E-state index contributed by atoms with van der Waals surface area (Å²) in [4.78, 5) is 52.1. The second kappa shape index (κ2) is 13.6. The minimum atomic E-state index is -0.894. The molecule has 0 spiro atoms. The summed E-state index contributed by atoms with van der Waals surface area (Å²) in [7, 11) is 0. The van der Waals surface area contributed by atoms with E-state index in [-0.39, 0.29) is 30.3 Å². The number of amides is 4. The monoisotopic (exact) mass is 523 g/mol. The number of nitrogens with zero attached hydrogens (tertiary/aromatic N) is 2. The SMILES string of the molecule is CC(C)(C)OC(=O)N[C@H](C(=O)N1CCCC1C(=O)N[C@H](C#N)CC1CCNC1=O)C(C)(C)C.CC(C)O. The molecule has 4 amide bonds. The van der Waals surface area contributed by atoms with Crippen LogP contribution in [0.15, 0.2) is 0 Å². The van der Waals surface area contributed by atoms with Gasteiger partial charge in [0.1, 0.15) is 23.7 Å². The Morgan fingerprint density at radius 2 is 1.76 bits per heavy atom. The molecule has 0 radical (unpaired) electrons. The van der Waals surface area contributed by atoms with Gasteiger partial charge in [0.2, 0.25) is 17.7 Å². The maximum atomic E-state index is 13.4. The van der Waals surface area contributed by atoms with Gasteiger partial charge in [0.05, 0.1) is 6.07 Å². The van der Waals surface area contributed by atoms with E-state index in [0.29, 0.717) is 32.4 Å². The molecule has 0 saturated carbocycles. The number of ether oxygens (including phenoxy) is 1. The Kier molecular flexibility index (Phi) is 11.8. The molecular weight excluding hydrogens is 478 g/mol. The van der Waals surface area contributed by atoms with Crippen LogP contribution < -0.4 is 16.0 Å². The second-order valence-corrected chi connectivity index (χ2v) is 11.9. The van der Waals surface area contributed by atoms with Crippen molar-refractivity contribution in [1.82, 2.24) is 20.9 Å². The minimum Gasteiger partial charge on any atom is -0.444 e. The number of nitrogens with one attached hydrogen (secondary N) is 3. The minimum absolute atomic E-state index is 0.108. The van der Waals surface area contributed by atoms with Gasteiger partial charge in [-0.15, -0.1) is 0 Å². The number of aliphatic hydroxyl groups excluding tert-OH is 1. The van der Waals surface area contributed by atoms with Gasteiger partial charge < -0.3 is 30.7 Å².